The molecule has 0 saturated carbocycles. The van der Waals surface area contributed by atoms with Crippen molar-refractivity contribution in [2.75, 3.05) is 44.5 Å². The summed E-state index contributed by atoms with van der Waals surface area (Å²) in [6.07, 6.45) is 0. The van der Waals surface area contributed by atoms with E-state index in [9.17, 15) is 9.59 Å². The van der Waals surface area contributed by atoms with Crippen LogP contribution in [0.5, 0.6) is 11.5 Å². The summed E-state index contributed by atoms with van der Waals surface area (Å²) in [6, 6.07) is 12.1. The lowest BCUT2D eigenvalue weighted by Gasteiger charge is -2.20. The predicted molar refractivity (Wildman–Crippen MR) is 110 cm³/mol. The number of rotatable bonds is 9. The minimum absolute atomic E-state index is 0.0689. The van der Waals surface area contributed by atoms with E-state index < -0.39 is 0 Å². The molecular formula is C20H24ClN3O4. The van der Waals surface area contributed by atoms with Crippen molar-refractivity contribution in [2.45, 2.75) is 6.92 Å². The molecule has 7 nitrogen and oxygen atoms in total. The number of nitrogens with one attached hydrogen (secondary N) is 2. The molecule has 2 aromatic carbocycles. The monoisotopic (exact) mass is 405 g/mol. The Morgan fingerprint density at radius 3 is 2.21 bits per heavy atom. The number of methoxy groups -OCH3 is 2. The van der Waals surface area contributed by atoms with E-state index in [1.165, 1.54) is 7.11 Å². The van der Waals surface area contributed by atoms with Gasteiger partial charge in [0, 0.05) is 5.69 Å². The Hall–Kier alpha value is -2.77. The van der Waals surface area contributed by atoms with Gasteiger partial charge in [-0.1, -0.05) is 30.7 Å². The summed E-state index contributed by atoms with van der Waals surface area (Å²) >= 11 is 6.07. The molecule has 0 aliphatic heterocycles. The summed E-state index contributed by atoms with van der Waals surface area (Å²) in [6.45, 7) is 2.56. The van der Waals surface area contributed by atoms with Gasteiger partial charge < -0.3 is 20.1 Å². The van der Waals surface area contributed by atoms with Crippen molar-refractivity contribution in [2.24, 2.45) is 0 Å². The fourth-order valence-electron chi connectivity index (χ4n) is 2.57. The maximum atomic E-state index is 12.3. The van der Waals surface area contributed by atoms with Gasteiger partial charge in [0.1, 0.15) is 11.5 Å². The maximum Gasteiger partial charge on any atom is 0.238 e. The van der Waals surface area contributed by atoms with Crippen molar-refractivity contribution in [1.29, 1.82) is 0 Å². The van der Waals surface area contributed by atoms with Crippen LogP contribution < -0.4 is 20.1 Å². The Morgan fingerprint density at radius 2 is 1.61 bits per heavy atom. The molecule has 0 aliphatic carbocycles. The summed E-state index contributed by atoms with van der Waals surface area (Å²) < 4.78 is 10.3. The first-order chi connectivity index (χ1) is 13.5. The second-order valence-electron chi connectivity index (χ2n) is 5.95. The van der Waals surface area contributed by atoms with Gasteiger partial charge in [0.05, 0.1) is 38.0 Å². The third-order valence-electron chi connectivity index (χ3n) is 4.00. The first-order valence-electron chi connectivity index (χ1n) is 8.75. The number of hydrogen-bond acceptors (Lipinski definition) is 5. The van der Waals surface area contributed by atoms with Crippen LogP contribution in [-0.2, 0) is 9.59 Å². The fraction of sp³-hybridized carbons (Fsp3) is 0.300. The highest BCUT2D eigenvalue weighted by Crippen LogP contribution is 2.27. The average molecular weight is 406 g/mol. The fourth-order valence-corrected chi connectivity index (χ4v) is 2.83. The quantitative estimate of drug-likeness (QED) is 0.669. The Balaban J connectivity index is 1.91. The minimum Gasteiger partial charge on any atom is -0.495 e. The predicted octanol–water partition coefficient (Wildman–Crippen LogP) is 3.26. The number of halogens is 1. The van der Waals surface area contributed by atoms with E-state index >= 15 is 0 Å². The Bertz CT molecular complexity index is 829. The average Bonchev–Trinajstić information content (AvgIpc) is 2.68. The van der Waals surface area contributed by atoms with Gasteiger partial charge >= 0.3 is 0 Å². The molecular weight excluding hydrogens is 382 g/mol. The number of benzene rings is 2. The number of para-hydroxylation sites is 2. The lowest BCUT2D eigenvalue weighted by molar-refractivity contribution is -0.119. The smallest absolute Gasteiger partial charge is 0.238 e. The van der Waals surface area contributed by atoms with Gasteiger partial charge in [-0.2, -0.15) is 0 Å². The van der Waals surface area contributed by atoms with Crippen LogP contribution in [-0.4, -0.2) is 50.6 Å². The molecule has 0 unspecified atom stereocenters. The van der Waals surface area contributed by atoms with Crippen LogP contribution in [0.25, 0.3) is 0 Å². The van der Waals surface area contributed by atoms with Gasteiger partial charge in [-0.3, -0.25) is 14.5 Å². The number of amides is 2. The van der Waals surface area contributed by atoms with E-state index in [4.69, 9.17) is 21.1 Å². The molecule has 0 aromatic heterocycles. The summed E-state index contributed by atoms with van der Waals surface area (Å²) in [5.41, 5.74) is 1.15. The minimum atomic E-state index is -0.242. The molecule has 2 amide bonds. The maximum absolute atomic E-state index is 12.3. The van der Waals surface area contributed by atoms with Crippen molar-refractivity contribution in [3.63, 3.8) is 0 Å². The zero-order valence-corrected chi connectivity index (χ0v) is 16.9. The van der Waals surface area contributed by atoms with Gasteiger partial charge in [-0.25, -0.2) is 0 Å². The van der Waals surface area contributed by atoms with E-state index in [1.54, 1.807) is 42.3 Å². The molecule has 0 fully saturated rings. The topological polar surface area (TPSA) is 79.9 Å². The van der Waals surface area contributed by atoms with Crippen molar-refractivity contribution in [3.05, 3.63) is 47.5 Å². The molecule has 0 heterocycles. The van der Waals surface area contributed by atoms with Crippen LogP contribution >= 0.6 is 11.6 Å². The standard InChI is InChI=1S/C20H24ClN3O4/c1-4-24(13-20(26)23-16-7-5-6-8-18(16)28-3)12-19(25)22-14-9-10-17(27-2)15(21)11-14/h5-11H,4,12-13H2,1-3H3,(H,22,25)(H,23,26). The number of ether oxygens (including phenoxy) is 2. The molecule has 0 saturated heterocycles. The number of anilines is 2. The molecule has 2 aromatic rings. The highest BCUT2D eigenvalue weighted by molar-refractivity contribution is 6.32. The van der Waals surface area contributed by atoms with Crippen LogP contribution in [0.15, 0.2) is 42.5 Å². The second-order valence-corrected chi connectivity index (χ2v) is 6.36. The molecule has 2 rings (SSSR count). The molecule has 0 spiro atoms. The third kappa shape index (κ3) is 6.14. The number of carbonyl (C=O) groups excluding carboxylic acids is 2. The van der Waals surface area contributed by atoms with Gasteiger partial charge in [0.15, 0.2) is 0 Å². The Kier molecular flexibility index (Phi) is 8.10. The molecule has 28 heavy (non-hydrogen) atoms. The van der Waals surface area contributed by atoms with Gasteiger partial charge in [-0.15, -0.1) is 0 Å². The highest BCUT2D eigenvalue weighted by Gasteiger charge is 2.15. The molecule has 8 heteroatoms. The van der Waals surface area contributed by atoms with Crippen molar-refractivity contribution < 1.29 is 19.1 Å². The number of carbonyl (C=O) groups is 2. The second kappa shape index (κ2) is 10.5. The summed E-state index contributed by atoms with van der Waals surface area (Å²) in [4.78, 5) is 26.4. The van der Waals surface area contributed by atoms with Crippen LogP contribution in [0.1, 0.15) is 6.92 Å². The molecule has 150 valence electrons. The molecule has 0 atom stereocenters. The van der Waals surface area contributed by atoms with Crippen LogP contribution in [0.2, 0.25) is 5.02 Å². The Labute approximate surface area is 169 Å². The largest absolute Gasteiger partial charge is 0.495 e. The van der Waals surface area contributed by atoms with Gasteiger partial charge in [0.25, 0.3) is 0 Å². The van der Waals surface area contributed by atoms with Gasteiger partial charge in [0.2, 0.25) is 11.8 Å². The zero-order chi connectivity index (χ0) is 20.5. The van der Waals surface area contributed by atoms with Crippen molar-refractivity contribution in [3.8, 4) is 11.5 Å². The van der Waals surface area contributed by atoms with E-state index in [0.717, 1.165) is 0 Å². The van der Waals surface area contributed by atoms with Crippen LogP contribution in [0, 0.1) is 0 Å². The Morgan fingerprint density at radius 1 is 0.964 bits per heavy atom. The molecule has 0 bridgehead atoms. The van der Waals surface area contributed by atoms with Crippen LogP contribution in [0.4, 0.5) is 11.4 Å². The lowest BCUT2D eigenvalue weighted by atomic mass is 10.3. The molecule has 0 radical (unpaired) electrons. The molecule has 0 aliphatic rings. The highest BCUT2D eigenvalue weighted by atomic mass is 35.5. The van der Waals surface area contributed by atoms with Crippen molar-refractivity contribution >= 4 is 34.8 Å². The lowest BCUT2D eigenvalue weighted by Crippen LogP contribution is -2.38. The first-order valence-corrected chi connectivity index (χ1v) is 9.13. The van der Waals surface area contributed by atoms with E-state index in [-0.39, 0.29) is 24.9 Å². The number of hydrogen-bond donors (Lipinski definition) is 2. The first kappa shape index (κ1) is 21.5. The normalized spacial score (nSPS) is 10.5. The molecule has 2 N–H and O–H groups in total. The van der Waals surface area contributed by atoms with Gasteiger partial charge in [-0.05, 0) is 36.9 Å². The third-order valence-corrected chi connectivity index (χ3v) is 4.29. The SMILES string of the molecule is CCN(CC(=O)Nc1ccc(OC)c(Cl)c1)CC(=O)Nc1ccccc1OC. The summed E-state index contributed by atoms with van der Waals surface area (Å²) in [7, 11) is 3.06. The van der Waals surface area contributed by atoms with E-state index in [2.05, 4.69) is 10.6 Å². The van der Waals surface area contributed by atoms with Crippen molar-refractivity contribution in [1.82, 2.24) is 4.90 Å². The van der Waals surface area contributed by atoms with E-state index in [1.807, 2.05) is 19.1 Å². The summed E-state index contributed by atoms with van der Waals surface area (Å²) in [5.74, 6) is 0.635. The zero-order valence-electron chi connectivity index (χ0n) is 16.1. The number of likely N-dealkylation sites (N-methyl/N-ethyl adjacent to an activating group) is 1. The van der Waals surface area contributed by atoms with E-state index in [0.29, 0.717) is 34.4 Å². The van der Waals surface area contributed by atoms with Crippen LogP contribution in [0.3, 0.4) is 0 Å². The number of nitrogens with zero attached hydrogens (tertiary/aromatic N) is 1. The summed E-state index contributed by atoms with van der Waals surface area (Å²) in [5, 5.41) is 5.97.